The van der Waals surface area contributed by atoms with Gasteiger partial charge in [0.25, 0.3) is 0 Å². The van der Waals surface area contributed by atoms with E-state index in [1.54, 1.807) is 0 Å². The molecule has 0 aromatic carbocycles. The van der Waals surface area contributed by atoms with E-state index in [0.29, 0.717) is 11.8 Å². The molecule has 62 valence electrons. The van der Waals surface area contributed by atoms with Gasteiger partial charge in [0.2, 0.25) is 0 Å². The van der Waals surface area contributed by atoms with Crippen molar-refractivity contribution < 1.29 is 18.9 Å². The minimum atomic E-state index is -0.228. The molecule has 1 atom stereocenters. The summed E-state index contributed by atoms with van der Waals surface area (Å²) in [5, 5.41) is 0. The molecule has 0 aliphatic rings. The van der Waals surface area contributed by atoms with E-state index in [1.165, 1.54) is 0 Å². The van der Waals surface area contributed by atoms with Crippen LogP contribution in [0.15, 0.2) is 0 Å². The zero-order chi connectivity index (χ0) is 8.36. The van der Waals surface area contributed by atoms with Gasteiger partial charge >= 0.3 is 18.9 Å². The molecule has 0 saturated carbocycles. The third kappa shape index (κ3) is 5.79. The molecule has 1 unspecified atom stereocenters. The van der Waals surface area contributed by atoms with Crippen LogP contribution in [0.5, 0.6) is 0 Å². The molecule has 0 aliphatic carbocycles. The maximum Gasteiger partial charge on any atom is 1.00 e. The van der Waals surface area contributed by atoms with Crippen molar-refractivity contribution in [3.8, 4) is 0 Å². The van der Waals surface area contributed by atoms with Gasteiger partial charge in [0.15, 0.2) is 0 Å². The van der Waals surface area contributed by atoms with Crippen molar-refractivity contribution in [2.75, 3.05) is 0 Å². The maximum absolute atomic E-state index is 7.91. The van der Waals surface area contributed by atoms with Crippen molar-refractivity contribution in [3.63, 3.8) is 0 Å². The Balaban J connectivity index is 0. The standard InChI is InChI=1S/C9H20N.Li/c1-7(2)6-9(5,10)8(3)4;/h7-8,10H,6H2,1-5H3;/q-1;+1. The van der Waals surface area contributed by atoms with Crippen LogP contribution in [0, 0.1) is 11.8 Å². The second-order valence-corrected chi connectivity index (χ2v) is 4.17. The van der Waals surface area contributed by atoms with Crippen molar-refractivity contribution in [1.29, 1.82) is 0 Å². The van der Waals surface area contributed by atoms with Crippen molar-refractivity contribution in [2.45, 2.75) is 46.6 Å². The van der Waals surface area contributed by atoms with Crippen LogP contribution in [0.3, 0.4) is 0 Å². The zero-order valence-electron chi connectivity index (χ0n) is 8.86. The third-order valence-electron chi connectivity index (χ3n) is 2.11. The first-order chi connectivity index (χ1) is 4.36. The van der Waals surface area contributed by atoms with Gasteiger partial charge in [-0.1, -0.05) is 47.0 Å². The molecule has 1 N–H and O–H groups in total. The molecule has 0 aliphatic heterocycles. The smallest absolute Gasteiger partial charge is 0.672 e. The van der Waals surface area contributed by atoms with Gasteiger partial charge in [0.1, 0.15) is 0 Å². The van der Waals surface area contributed by atoms with Gasteiger partial charge in [-0.05, 0) is 5.92 Å². The van der Waals surface area contributed by atoms with E-state index < -0.39 is 0 Å². The summed E-state index contributed by atoms with van der Waals surface area (Å²) in [4.78, 5) is 0. The van der Waals surface area contributed by atoms with Gasteiger partial charge in [-0.3, -0.25) is 0 Å². The van der Waals surface area contributed by atoms with Crippen molar-refractivity contribution >= 4 is 0 Å². The fourth-order valence-electron chi connectivity index (χ4n) is 1.08. The van der Waals surface area contributed by atoms with E-state index >= 15 is 0 Å². The summed E-state index contributed by atoms with van der Waals surface area (Å²) in [6, 6.07) is 0. The summed E-state index contributed by atoms with van der Waals surface area (Å²) >= 11 is 0. The van der Waals surface area contributed by atoms with Crippen LogP contribution >= 0.6 is 0 Å². The summed E-state index contributed by atoms with van der Waals surface area (Å²) in [6.07, 6.45) is 1.00. The first kappa shape index (κ1) is 14.1. The molecule has 0 bridgehead atoms. The topological polar surface area (TPSA) is 23.8 Å². The zero-order valence-corrected chi connectivity index (χ0v) is 8.86. The Kier molecular flexibility index (Phi) is 6.73. The molecule has 2 heteroatoms. The Labute approximate surface area is 83.3 Å². The normalized spacial score (nSPS) is 16.4. The summed E-state index contributed by atoms with van der Waals surface area (Å²) in [5.74, 6) is 1.11. The van der Waals surface area contributed by atoms with E-state index in [9.17, 15) is 0 Å². The molecule has 0 amide bonds. The predicted molar refractivity (Wildman–Crippen MR) is 47.0 cm³/mol. The van der Waals surface area contributed by atoms with Crippen LogP contribution < -0.4 is 18.9 Å². The van der Waals surface area contributed by atoms with E-state index in [4.69, 9.17) is 5.73 Å². The largest absolute Gasteiger partial charge is 1.00 e. The Morgan fingerprint density at radius 3 is 1.64 bits per heavy atom. The van der Waals surface area contributed by atoms with E-state index in [0.717, 1.165) is 6.42 Å². The molecule has 11 heavy (non-hydrogen) atoms. The Bertz CT molecular complexity index is 97.7. The number of nitrogens with one attached hydrogen (secondary N) is 1. The van der Waals surface area contributed by atoms with Crippen LogP contribution in [0.4, 0.5) is 0 Å². The van der Waals surface area contributed by atoms with Gasteiger partial charge in [-0.15, -0.1) is 5.54 Å². The van der Waals surface area contributed by atoms with Crippen LogP contribution in [0.1, 0.15) is 41.0 Å². The van der Waals surface area contributed by atoms with Crippen molar-refractivity contribution in [1.82, 2.24) is 0 Å². The third-order valence-corrected chi connectivity index (χ3v) is 2.11. The van der Waals surface area contributed by atoms with E-state index in [-0.39, 0.29) is 24.4 Å². The van der Waals surface area contributed by atoms with Gasteiger partial charge in [-0.25, -0.2) is 0 Å². The summed E-state index contributed by atoms with van der Waals surface area (Å²) in [5.41, 5.74) is 7.68. The number of rotatable bonds is 3. The first-order valence-electron chi connectivity index (χ1n) is 4.11. The van der Waals surface area contributed by atoms with Gasteiger partial charge in [0.05, 0.1) is 0 Å². The number of hydrogen-bond acceptors (Lipinski definition) is 0. The Morgan fingerprint density at radius 2 is 1.55 bits per heavy atom. The Morgan fingerprint density at radius 1 is 1.18 bits per heavy atom. The second kappa shape index (κ2) is 5.25. The van der Waals surface area contributed by atoms with Crippen molar-refractivity contribution in [2.24, 2.45) is 11.8 Å². The summed E-state index contributed by atoms with van der Waals surface area (Å²) in [6.45, 7) is 10.6. The molecular weight excluding hydrogens is 129 g/mol. The van der Waals surface area contributed by atoms with Crippen LogP contribution in [-0.2, 0) is 0 Å². The molecule has 0 aromatic rings. The molecule has 0 heterocycles. The molecule has 0 fully saturated rings. The maximum atomic E-state index is 7.91. The average molecular weight is 149 g/mol. The second-order valence-electron chi connectivity index (χ2n) is 4.17. The molecule has 0 aromatic heterocycles. The van der Waals surface area contributed by atoms with Crippen LogP contribution in [0.25, 0.3) is 5.73 Å². The molecule has 0 spiro atoms. The van der Waals surface area contributed by atoms with E-state index in [1.807, 2.05) is 6.92 Å². The molecule has 0 rings (SSSR count). The molecule has 1 nitrogen and oxygen atoms in total. The SMILES string of the molecule is CC(C)CC(C)([NH-])C(C)C.[Li+]. The predicted octanol–water partition coefficient (Wildman–Crippen LogP) is 0.503. The van der Waals surface area contributed by atoms with Gasteiger partial charge in [0, 0.05) is 0 Å². The van der Waals surface area contributed by atoms with Crippen LogP contribution in [-0.4, -0.2) is 5.54 Å². The van der Waals surface area contributed by atoms with Gasteiger partial charge < -0.3 is 5.73 Å². The monoisotopic (exact) mass is 149 g/mol. The molecule has 0 radical (unpaired) electrons. The fourth-order valence-corrected chi connectivity index (χ4v) is 1.08. The van der Waals surface area contributed by atoms with Crippen molar-refractivity contribution in [3.05, 3.63) is 5.73 Å². The minimum absolute atomic E-state index is 0. The Hall–Kier alpha value is 0.557. The quantitative estimate of drug-likeness (QED) is 0.522. The molecule has 0 saturated heterocycles. The summed E-state index contributed by atoms with van der Waals surface area (Å²) in [7, 11) is 0. The molecular formula is C9H20LiN. The minimum Gasteiger partial charge on any atom is -0.672 e. The summed E-state index contributed by atoms with van der Waals surface area (Å²) < 4.78 is 0. The van der Waals surface area contributed by atoms with Gasteiger partial charge in [-0.2, -0.15) is 0 Å². The fraction of sp³-hybridized carbons (Fsp3) is 1.00. The van der Waals surface area contributed by atoms with Crippen LogP contribution in [0.2, 0.25) is 0 Å². The van der Waals surface area contributed by atoms with E-state index in [2.05, 4.69) is 27.7 Å². The average Bonchev–Trinajstić information content (AvgIpc) is 1.60. The number of hydrogen-bond donors (Lipinski definition) is 0. The first-order valence-corrected chi connectivity index (χ1v) is 4.11.